The van der Waals surface area contributed by atoms with Gasteiger partial charge in [0.15, 0.2) is 16.4 Å². The Morgan fingerprint density at radius 2 is 2.07 bits per heavy atom. The van der Waals surface area contributed by atoms with Gasteiger partial charge >= 0.3 is 5.97 Å². The van der Waals surface area contributed by atoms with Crippen molar-refractivity contribution in [3.8, 4) is 0 Å². The number of nitrogens with zero attached hydrogens (tertiary/aromatic N) is 1. The van der Waals surface area contributed by atoms with Crippen LogP contribution in [0.2, 0.25) is 0 Å². The normalized spacial score (nSPS) is 23.4. The summed E-state index contributed by atoms with van der Waals surface area (Å²) in [6.07, 6.45) is 3.56. The molecule has 0 N–H and O–H groups in total. The van der Waals surface area contributed by atoms with Gasteiger partial charge in [0.2, 0.25) is 0 Å². The molecule has 0 spiro atoms. The van der Waals surface area contributed by atoms with Crippen LogP contribution in [0.1, 0.15) is 53.7 Å². The fourth-order valence-electron chi connectivity index (χ4n) is 3.96. The van der Waals surface area contributed by atoms with Gasteiger partial charge in [-0.25, -0.2) is 13.2 Å². The van der Waals surface area contributed by atoms with E-state index < -0.39 is 15.8 Å². The molecule has 3 rings (SSSR count). The summed E-state index contributed by atoms with van der Waals surface area (Å²) in [4.78, 5) is 28.5. The van der Waals surface area contributed by atoms with E-state index in [2.05, 4.69) is 6.92 Å². The second-order valence-electron chi connectivity index (χ2n) is 8.48. The Hall–Kier alpha value is -1.41. The summed E-state index contributed by atoms with van der Waals surface area (Å²) >= 11 is 1.46. The minimum atomic E-state index is -3.09. The number of hydrogen-bond acceptors (Lipinski definition) is 6. The van der Waals surface area contributed by atoms with Gasteiger partial charge in [0.1, 0.15) is 4.88 Å². The standard InChI is InChI=1S/C20H29NO5S2/c1-13(2)10-21(16-6-7-28(24,25)12-16)19(22)11-26-20(23)18-9-15-8-14(3)4-5-17(15)27-18/h9,13-14,16H,4-8,10-12H2,1-3H3/t14-,16+/m0/s1. The molecule has 2 atom stereocenters. The third kappa shape index (κ3) is 5.14. The molecular formula is C20H29NO5S2. The molecule has 2 heterocycles. The van der Waals surface area contributed by atoms with E-state index in [0.717, 1.165) is 19.3 Å². The molecule has 28 heavy (non-hydrogen) atoms. The Morgan fingerprint density at radius 1 is 1.32 bits per heavy atom. The fourth-order valence-corrected chi connectivity index (χ4v) is 6.79. The van der Waals surface area contributed by atoms with E-state index in [1.165, 1.54) is 21.8 Å². The highest BCUT2D eigenvalue weighted by Gasteiger charge is 2.35. The van der Waals surface area contributed by atoms with Crippen molar-refractivity contribution in [1.82, 2.24) is 4.90 Å². The summed E-state index contributed by atoms with van der Waals surface area (Å²) in [5.41, 5.74) is 1.22. The number of rotatable bonds is 6. The highest BCUT2D eigenvalue weighted by atomic mass is 32.2. The van der Waals surface area contributed by atoms with Crippen molar-refractivity contribution in [2.45, 2.75) is 52.5 Å². The van der Waals surface area contributed by atoms with Crippen LogP contribution < -0.4 is 0 Å². The summed E-state index contributed by atoms with van der Waals surface area (Å²) in [6.45, 7) is 6.28. The van der Waals surface area contributed by atoms with Crippen molar-refractivity contribution in [2.24, 2.45) is 11.8 Å². The van der Waals surface area contributed by atoms with Crippen LogP contribution in [0.3, 0.4) is 0 Å². The number of sulfone groups is 1. The lowest BCUT2D eigenvalue weighted by Crippen LogP contribution is -2.45. The first kappa shape index (κ1) is 21.3. The van der Waals surface area contributed by atoms with E-state index >= 15 is 0 Å². The van der Waals surface area contributed by atoms with Gasteiger partial charge in [-0.15, -0.1) is 11.3 Å². The second kappa shape index (κ2) is 8.53. The number of carbonyl (C=O) groups is 2. The number of hydrogen-bond donors (Lipinski definition) is 0. The molecule has 2 aliphatic rings. The second-order valence-corrected chi connectivity index (χ2v) is 11.8. The lowest BCUT2D eigenvalue weighted by Gasteiger charge is -2.29. The molecule has 1 aliphatic heterocycles. The predicted molar refractivity (Wildman–Crippen MR) is 109 cm³/mol. The van der Waals surface area contributed by atoms with Crippen molar-refractivity contribution in [3.63, 3.8) is 0 Å². The average molecular weight is 428 g/mol. The first-order valence-corrected chi connectivity index (χ1v) is 12.6. The van der Waals surface area contributed by atoms with E-state index in [0.29, 0.717) is 23.8 Å². The Balaban J connectivity index is 1.61. The number of amides is 1. The van der Waals surface area contributed by atoms with Crippen LogP contribution in [-0.2, 0) is 32.2 Å². The van der Waals surface area contributed by atoms with E-state index in [9.17, 15) is 18.0 Å². The van der Waals surface area contributed by atoms with E-state index in [-0.39, 0.29) is 36.0 Å². The minimum absolute atomic E-state index is 0.00473. The quantitative estimate of drug-likeness (QED) is 0.652. The maximum Gasteiger partial charge on any atom is 0.348 e. The molecule has 1 saturated heterocycles. The third-order valence-corrected chi connectivity index (χ3v) is 8.36. The van der Waals surface area contributed by atoms with Crippen LogP contribution >= 0.6 is 11.3 Å². The molecule has 156 valence electrons. The van der Waals surface area contributed by atoms with Crippen LogP contribution in [0.15, 0.2) is 6.07 Å². The number of carbonyl (C=O) groups excluding carboxylic acids is 2. The molecule has 1 fully saturated rings. The van der Waals surface area contributed by atoms with Gasteiger partial charge in [-0.1, -0.05) is 20.8 Å². The van der Waals surface area contributed by atoms with Gasteiger partial charge in [0.05, 0.1) is 11.5 Å². The molecule has 0 aromatic carbocycles. The zero-order valence-corrected chi connectivity index (χ0v) is 18.4. The number of aryl methyl sites for hydroxylation is 1. The van der Waals surface area contributed by atoms with Crippen molar-refractivity contribution < 1.29 is 22.7 Å². The van der Waals surface area contributed by atoms with Gasteiger partial charge in [-0.2, -0.15) is 0 Å². The summed E-state index contributed by atoms with van der Waals surface area (Å²) in [7, 11) is -3.09. The SMILES string of the molecule is CC(C)CN(C(=O)COC(=O)c1cc2c(s1)CC[C@H](C)C2)[C@@H]1CCS(=O)(=O)C1. The van der Waals surface area contributed by atoms with Crippen molar-refractivity contribution in [2.75, 3.05) is 24.7 Å². The Morgan fingerprint density at radius 3 is 2.71 bits per heavy atom. The molecule has 6 nitrogen and oxygen atoms in total. The lowest BCUT2D eigenvalue weighted by atomic mass is 9.90. The van der Waals surface area contributed by atoms with Crippen LogP contribution in [0.5, 0.6) is 0 Å². The number of fused-ring (bicyclic) bond motifs is 1. The number of thiophene rings is 1. The lowest BCUT2D eigenvalue weighted by molar-refractivity contribution is -0.137. The fraction of sp³-hybridized carbons (Fsp3) is 0.700. The molecule has 1 amide bonds. The van der Waals surface area contributed by atoms with Crippen LogP contribution in [-0.4, -0.2) is 55.9 Å². The average Bonchev–Trinajstić information content (AvgIpc) is 3.19. The minimum Gasteiger partial charge on any atom is -0.451 e. The molecule has 1 aliphatic carbocycles. The Labute approximate surface area is 171 Å². The van der Waals surface area contributed by atoms with Crippen LogP contribution in [0, 0.1) is 11.8 Å². The van der Waals surface area contributed by atoms with Crippen molar-refractivity contribution in [1.29, 1.82) is 0 Å². The summed E-state index contributed by atoms with van der Waals surface area (Å²) in [5, 5.41) is 0. The highest BCUT2D eigenvalue weighted by Crippen LogP contribution is 2.32. The monoisotopic (exact) mass is 427 g/mol. The van der Waals surface area contributed by atoms with E-state index in [1.54, 1.807) is 4.90 Å². The molecule has 8 heteroatoms. The van der Waals surface area contributed by atoms with Crippen molar-refractivity contribution >= 4 is 33.1 Å². The third-order valence-electron chi connectivity index (χ3n) is 5.39. The largest absolute Gasteiger partial charge is 0.451 e. The van der Waals surface area contributed by atoms with Gasteiger partial charge in [-0.3, -0.25) is 4.79 Å². The Bertz CT molecular complexity index is 843. The van der Waals surface area contributed by atoms with Crippen LogP contribution in [0.4, 0.5) is 0 Å². The molecule has 0 bridgehead atoms. The smallest absolute Gasteiger partial charge is 0.348 e. The molecule has 0 radical (unpaired) electrons. The molecule has 1 aromatic rings. The maximum absolute atomic E-state index is 12.7. The maximum atomic E-state index is 12.7. The zero-order valence-electron chi connectivity index (χ0n) is 16.8. The highest BCUT2D eigenvalue weighted by molar-refractivity contribution is 7.91. The summed E-state index contributed by atoms with van der Waals surface area (Å²) < 4.78 is 28.9. The van der Waals surface area contributed by atoms with Gasteiger partial charge in [-0.05, 0) is 49.1 Å². The first-order valence-electron chi connectivity index (χ1n) is 9.93. The Kier molecular flexibility index (Phi) is 6.49. The number of esters is 1. The molecular weight excluding hydrogens is 398 g/mol. The zero-order chi connectivity index (χ0) is 20.5. The number of ether oxygens (including phenoxy) is 1. The first-order chi connectivity index (χ1) is 13.1. The molecule has 0 saturated carbocycles. The van der Waals surface area contributed by atoms with E-state index in [1.807, 2.05) is 19.9 Å². The van der Waals surface area contributed by atoms with Gasteiger partial charge in [0.25, 0.3) is 5.91 Å². The van der Waals surface area contributed by atoms with Crippen molar-refractivity contribution in [3.05, 3.63) is 21.4 Å². The van der Waals surface area contributed by atoms with Gasteiger partial charge in [0, 0.05) is 17.5 Å². The summed E-state index contributed by atoms with van der Waals surface area (Å²) in [6, 6.07) is 1.58. The van der Waals surface area contributed by atoms with Gasteiger partial charge < -0.3 is 9.64 Å². The van der Waals surface area contributed by atoms with Crippen LogP contribution in [0.25, 0.3) is 0 Å². The molecule has 0 unspecified atom stereocenters. The molecule has 1 aromatic heterocycles. The topological polar surface area (TPSA) is 80.8 Å². The summed E-state index contributed by atoms with van der Waals surface area (Å²) in [5.74, 6) is 0.144. The predicted octanol–water partition coefficient (Wildman–Crippen LogP) is 2.70. The van der Waals surface area contributed by atoms with E-state index in [4.69, 9.17) is 4.74 Å².